The standard InChI is InChI=1S/C19H20F3N5O/c1-13-9-17(27-18(25-13)23-12-24-27)15-3-2-8-26(11-15)10-14-4-6-16(7-5-14)28-19(20,21)22/h4-7,9,12,15H,2-3,8,10-11H2,1H3. The molecule has 1 aliphatic heterocycles. The van der Waals surface area contributed by atoms with E-state index in [-0.39, 0.29) is 5.75 Å². The van der Waals surface area contributed by atoms with Crippen LogP contribution < -0.4 is 4.74 Å². The fraction of sp³-hybridized carbons (Fsp3) is 0.421. The third-order valence-corrected chi connectivity index (χ3v) is 4.89. The highest BCUT2D eigenvalue weighted by molar-refractivity contribution is 5.32. The van der Waals surface area contributed by atoms with Crippen LogP contribution in [-0.4, -0.2) is 43.9 Å². The van der Waals surface area contributed by atoms with Gasteiger partial charge in [-0.25, -0.2) is 9.50 Å². The van der Waals surface area contributed by atoms with E-state index in [9.17, 15) is 13.2 Å². The monoisotopic (exact) mass is 391 g/mol. The van der Waals surface area contributed by atoms with Gasteiger partial charge in [0.2, 0.25) is 0 Å². The summed E-state index contributed by atoms with van der Waals surface area (Å²) in [6.45, 7) is 4.41. The summed E-state index contributed by atoms with van der Waals surface area (Å²) < 4.78 is 42.6. The number of benzene rings is 1. The molecule has 28 heavy (non-hydrogen) atoms. The number of hydrogen-bond donors (Lipinski definition) is 0. The van der Waals surface area contributed by atoms with Crippen molar-refractivity contribution in [2.24, 2.45) is 0 Å². The predicted molar refractivity (Wildman–Crippen MR) is 95.9 cm³/mol. The second kappa shape index (κ2) is 7.38. The smallest absolute Gasteiger partial charge is 0.406 e. The maximum Gasteiger partial charge on any atom is 0.573 e. The van der Waals surface area contributed by atoms with Crippen LogP contribution in [0.3, 0.4) is 0 Å². The van der Waals surface area contributed by atoms with E-state index in [0.29, 0.717) is 18.2 Å². The molecule has 0 bridgehead atoms. The molecule has 3 aromatic rings. The van der Waals surface area contributed by atoms with E-state index in [0.717, 1.165) is 42.9 Å². The number of rotatable bonds is 4. The number of nitrogens with zero attached hydrogens (tertiary/aromatic N) is 5. The van der Waals surface area contributed by atoms with Crippen molar-refractivity contribution in [2.75, 3.05) is 13.1 Å². The lowest BCUT2D eigenvalue weighted by Crippen LogP contribution is -2.34. The van der Waals surface area contributed by atoms with Crippen molar-refractivity contribution >= 4 is 5.78 Å². The molecule has 0 saturated carbocycles. The number of likely N-dealkylation sites (tertiary alicyclic amines) is 1. The molecule has 0 radical (unpaired) electrons. The van der Waals surface area contributed by atoms with E-state index in [1.54, 1.807) is 16.6 Å². The highest BCUT2D eigenvalue weighted by Crippen LogP contribution is 2.29. The van der Waals surface area contributed by atoms with Crippen LogP contribution in [0.5, 0.6) is 5.75 Å². The number of halogens is 3. The molecule has 4 rings (SSSR count). The maximum absolute atomic E-state index is 12.3. The Balaban J connectivity index is 1.46. The molecule has 0 amide bonds. The van der Waals surface area contributed by atoms with E-state index < -0.39 is 6.36 Å². The third-order valence-electron chi connectivity index (χ3n) is 4.89. The summed E-state index contributed by atoms with van der Waals surface area (Å²) in [5.74, 6) is 0.702. The summed E-state index contributed by atoms with van der Waals surface area (Å²) in [6, 6.07) is 8.12. The molecule has 1 atom stereocenters. The molecule has 0 N–H and O–H groups in total. The lowest BCUT2D eigenvalue weighted by atomic mass is 9.93. The zero-order valence-electron chi connectivity index (χ0n) is 15.4. The number of alkyl halides is 3. The first kappa shape index (κ1) is 18.7. The Morgan fingerprint density at radius 3 is 2.75 bits per heavy atom. The van der Waals surface area contributed by atoms with Gasteiger partial charge in [-0.15, -0.1) is 13.2 Å². The van der Waals surface area contributed by atoms with E-state index in [1.165, 1.54) is 18.5 Å². The number of hydrogen-bond acceptors (Lipinski definition) is 5. The lowest BCUT2D eigenvalue weighted by molar-refractivity contribution is -0.274. The maximum atomic E-state index is 12.3. The van der Waals surface area contributed by atoms with Crippen LogP contribution >= 0.6 is 0 Å². The molecule has 0 aliphatic carbocycles. The SMILES string of the molecule is Cc1cc(C2CCCN(Cc3ccc(OC(F)(F)F)cc3)C2)n2ncnc2n1. The van der Waals surface area contributed by atoms with Crippen LogP contribution in [0.4, 0.5) is 13.2 Å². The fourth-order valence-corrected chi connectivity index (χ4v) is 3.75. The minimum Gasteiger partial charge on any atom is -0.406 e. The fourth-order valence-electron chi connectivity index (χ4n) is 3.75. The highest BCUT2D eigenvalue weighted by Gasteiger charge is 2.31. The van der Waals surface area contributed by atoms with Gasteiger partial charge in [-0.3, -0.25) is 4.90 Å². The molecule has 1 aliphatic rings. The first-order chi connectivity index (χ1) is 13.4. The van der Waals surface area contributed by atoms with Crippen LogP contribution in [-0.2, 0) is 6.54 Å². The first-order valence-corrected chi connectivity index (χ1v) is 9.12. The number of fused-ring (bicyclic) bond motifs is 1. The van der Waals surface area contributed by atoms with Crippen LogP contribution in [0, 0.1) is 6.92 Å². The van der Waals surface area contributed by atoms with Crippen LogP contribution in [0.25, 0.3) is 5.78 Å². The molecule has 0 spiro atoms. The summed E-state index contributed by atoms with van der Waals surface area (Å²) in [5.41, 5.74) is 2.96. The molecular formula is C19H20F3N5O. The van der Waals surface area contributed by atoms with Crippen molar-refractivity contribution in [2.45, 2.75) is 38.6 Å². The zero-order chi connectivity index (χ0) is 19.7. The molecule has 1 aromatic carbocycles. The van der Waals surface area contributed by atoms with Gasteiger partial charge in [0.15, 0.2) is 0 Å². The Labute approximate surface area is 160 Å². The van der Waals surface area contributed by atoms with Gasteiger partial charge in [0.25, 0.3) is 5.78 Å². The van der Waals surface area contributed by atoms with E-state index >= 15 is 0 Å². The molecule has 6 nitrogen and oxygen atoms in total. The van der Waals surface area contributed by atoms with E-state index in [2.05, 4.69) is 30.8 Å². The molecular weight excluding hydrogens is 371 g/mol. The second-order valence-electron chi connectivity index (χ2n) is 7.06. The predicted octanol–water partition coefficient (Wildman–Crippen LogP) is 3.71. The van der Waals surface area contributed by atoms with Gasteiger partial charge in [0.05, 0.1) is 5.69 Å². The van der Waals surface area contributed by atoms with Gasteiger partial charge in [0, 0.05) is 24.7 Å². The Hall–Kier alpha value is -2.68. The Bertz CT molecular complexity index is 954. The Morgan fingerprint density at radius 2 is 2.00 bits per heavy atom. The van der Waals surface area contributed by atoms with Crippen molar-refractivity contribution in [3.05, 3.63) is 53.6 Å². The number of aromatic nitrogens is 4. The molecule has 1 unspecified atom stereocenters. The summed E-state index contributed by atoms with van der Waals surface area (Å²) in [5, 5.41) is 4.30. The second-order valence-corrected chi connectivity index (χ2v) is 7.06. The molecule has 148 valence electrons. The van der Waals surface area contributed by atoms with Crippen LogP contribution in [0.15, 0.2) is 36.7 Å². The van der Waals surface area contributed by atoms with E-state index in [1.807, 2.05) is 6.92 Å². The van der Waals surface area contributed by atoms with Gasteiger partial charge >= 0.3 is 6.36 Å². The first-order valence-electron chi connectivity index (χ1n) is 9.12. The molecule has 2 aromatic heterocycles. The van der Waals surface area contributed by atoms with Gasteiger partial charge < -0.3 is 4.74 Å². The molecule has 9 heteroatoms. The number of ether oxygens (including phenoxy) is 1. The van der Waals surface area contributed by atoms with Crippen LogP contribution in [0.1, 0.15) is 35.7 Å². The number of aryl methyl sites for hydroxylation is 1. The summed E-state index contributed by atoms with van der Waals surface area (Å²) in [7, 11) is 0. The quantitative estimate of drug-likeness (QED) is 0.679. The minimum absolute atomic E-state index is 0.200. The largest absolute Gasteiger partial charge is 0.573 e. The summed E-state index contributed by atoms with van der Waals surface area (Å²) in [6.07, 6.45) is -1.07. The molecule has 3 heterocycles. The lowest BCUT2D eigenvalue weighted by Gasteiger charge is -2.33. The Kier molecular flexibility index (Phi) is 4.92. The van der Waals surface area contributed by atoms with Crippen LogP contribution in [0.2, 0.25) is 0 Å². The van der Waals surface area contributed by atoms with E-state index in [4.69, 9.17) is 0 Å². The summed E-state index contributed by atoms with van der Waals surface area (Å²) in [4.78, 5) is 10.9. The van der Waals surface area contributed by atoms with Gasteiger partial charge in [-0.05, 0) is 50.1 Å². The average Bonchev–Trinajstić information content (AvgIpc) is 3.10. The summed E-state index contributed by atoms with van der Waals surface area (Å²) >= 11 is 0. The van der Waals surface area contributed by atoms with Crippen molar-refractivity contribution in [3.63, 3.8) is 0 Å². The van der Waals surface area contributed by atoms with Crippen molar-refractivity contribution in [3.8, 4) is 5.75 Å². The molecule has 1 saturated heterocycles. The van der Waals surface area contributed by atoms with Gasteiger partial charge in [-0.1, -0.05) is 12.1 Å². The van der Waals surface area contributed by atoms with Crippen molar-refractivity contribution in [1.82, 2.24) is 24.5 Å². The zero-order valence-corrected chi connectivity index (χ0v) is 15.4. The van der Waals surface area contributed by atoms with Crippen molar-refractivity contribution in [1.29, 1.82) is 0 Å². The minimum atomic E-state index is -4.67. The van der Waals surface area contributed by atoms with Crippen molar-refractivity contribution < 1.29 is 17.9 Å². The third kappa shape index (κ3) is 4.24. The van der Waals surface area contributed by atoms with Gasteiger partial charge in [0.1, 0.15) is 12.1 Å². The topological polar surface area (TPSA) is 55.6 Å². The normalized spacial score (nSPS) is 18.5. The molecule has 1 fully saturated rings. The highest BCUT2D eigenvalue weighted by atomic mass is 19.4. The average molecular weight is 391 g/mol. The Morgan fingerprint density at radius 1 is 1.21 bits per heavy atom. The number of piperidine rings is 1. The van der Waals surface area contributed by atoms with Gasteiger partial charge in [-0.2, -0.15) is 10.1 Å².